The number of aromatic nitrogens is 2. The number of benzene rings is 2. The molecule has 2 N–H and O–H groups in total. The third-order valence-electron chi connectivity index (χ3n) is 3.45. The zero-order chi connectivity index (χ0) is 14.1. The Kier molecular flexibility index (Phi) is 3.14. The lowest BCUT2D eigenvalue weighted by molar-refractivity contribution is 0.628. The van der Waals surface area contributed by atoms with Gasteiger partial charge in [-0.15, -0.1) is 0 Å². The Morgan fingerprint density at radius 3 is 2.60 bits per heavy atom. The van der Waals surface area contributed by atoms with Crippen LogP contribution in [-0.4, -0.2) is 9.55 Å². The lowest BCUT2D eigenvalue weighted by Gasteiger charge is -2.06. The summed E-state index contributed by atoms with van der Waals surface area (Å²) < 4.78 is 15.4. The van der Waals surface area contributed by atoms with Gasteiger partial charge < -0.3 is 10.3 Å². The molecule has 1 heterocycles. The minimum Gasteiger partial charge on any atom is -0.399 e. The first-order chi connectivity index (χ1) is 9.67. The van der Waals surface area contributed by atoms with Crippen molar-refractivity contribution in [2.45, 2.75) is 19.9 Å². The SMILES string of the molecule is CCn1c(Cc2ccc(N)cc2)nc2ccc(F)cc21. The summed E-state index contributed by atoms with van der Waals surface area (Å²) in [7, 11) is 0. The second-order valence-corrected chi connectivity index (χ2v) is 4.82. The fourth-order valence-corrected chi connectivity index (χ4v) is 2.45. The Bertz CT molecular complexity index is 744. The molecule has 3 aromatic rings. The van der Waals surface area contributed by atoms with Crippen molar-refractivity contribution in [3.63, 3.8) is 0 Å². The fraction of sp³-hybridized carbons (Fsp3) is 0.188. The molecule has 0 fully saturated rings. The molecule has 0 bridgehead atoms. The van der Waals surface area contributed by atoms with E-state index in [0.717, 1.165) is 34.7 Å². The van der Waals surface area contributed by atoms with Crippen LogP contribution >= 0.6 is 0 Å². The molecule has 0 amide bonds. The van der Waals surface area contributed by atoms with Crippen molar-refractivity contribution in [3.05, 3.63) is 59.7 Å². The summed E-state index contributed by atoms with van der Waals surface area (Å²) in [6.07, 6.45) is 0.713. The van der Waals surface area contributed by atoms with Crippen LogP contribution in [-0.2, 0) is 13.0 Å². The van der Waals surface area contributed by atoms with Crippen molar-refractivity contribution in [1.82, 2.24) is 9.55 Å². The summed E-state index contributed by atoms with van der Waals surface area (Å²) in [4.78, 5) is 4.61. The van der Waals surface area contributed by atoms with Crippen LogP contribution < -0.4 is 5.73 Å². The molecular formula is C16H16FN3. The topological polar surface area (TPSA) is 43.8 Å². The van der Waals surface area contributed by atoms with Crippen molar-refractivity contribution >= 4 is 16.7 Å². The van der Waals surface area contributed by atoms with Crippen LogP contribution in [0, 0.1) is 5.82 Å². The molecule has 0 radical (unpaired) electrons. The average Bonchev–Trinajstić information content (AvgIpc) is 2.78. The smallest absolute Gasteiger partial charge is 0.125 e. The molecule has 0 saturated carbocycles. The summed E-state index contributed by atoms with van der Waals surface area (Å²) in [6, 6.07) is 12.5. The number of hydrogen-bond acceptors (Lipinski definition) is 2. The van der Waals surface area contributed by atoms with Gasteiger partial charge in [-0.05, 0) is 42.8 Å². The number of fused-ring (bicyclic) bond motifs is 1. The monoisotopic (exact) mass is 269 g/mol. The molecule has 0 unspecified atom stereocenters. The van der Waals surface area contributed by atoms with Crippen LogP contribution in [0.5, 0.6) is 0 Å². The number of rotatable bonds is 3. The van der Waals surface area contributed by atoms with Gasteiger partial charge in [0.2, 0.25) is 0 Å². The summed E-state index contributed by atoms with van der Waals surface area (Å²) in [5.41, 5.74) is 9.26. The molecule has 0 aliphatic rings. The maximum absolute atomic E-state index is 13.4. The number of aryl methyl sites for hydroxylation is 1. The van der Waals surface area contributed by atoms with Crippen molar-refractivity contribution in [3.8, 4) is 0 Å². The summed E-state index contributed by atoms with van der Waals surface area (Å²) in [6.45, 7) is 2.81. The third kappa shape index (κ3) is 2.25. The second-order valence-electron chi connectivity index (χ2n) is 4.82. The quantitative estimate of drug-likeness (QED) is 0.741. The van der Waals surface area contributed by atoms with Crippen molar-refractivity contribution in [2.75, 3.05) is 5.73 Å². The van der Waals surface area contributed by atoms with Crippen LogP contribution in [0.1, 0.15) is 18.3 Å². The molecule has 0 aliphatic heterocycles. The molecule has 0 spiro atoms. The van der Waals surface area contributed by atoms with E-state index < -0.39 is 0 Å². The predicted octanol–water partition coefficient (Wildman–Crippen LogP) is 3.37. The first-order valence-corrected chi connectivity index (χ1v) is 6.66. The molecule has 4 heteroatoms. The number of imidazole rings is 1. The Morgan fingerprint density at radius 1 is 1.15 bits per heavy atom. The van der Waals surface area contributed by atoms with E-state index in [0.29, 0.717) is 6.42 Å². The van der Waals surface area contributed by atoms with Gasteiger partial charge in [0.05, 0.1) is 11.0 Å². The number of halogens is 1. The first kappa shape index (κ1) is 12.7. The van der Waals surface area contributed by atoms with Gasteiger partial charge in [0.25, 0.3) is 0 Å². The molecule has 3 nitrogen and oxygen atoms in total. The van der Waals surface area contributed by atoms with Gasteiger partial charge in [-0.2, -0.15) is 0 Å². The molecule has 3 rings (SSSR count). The molecular weight excluding hydrogens is 253 g/mol. The highest BCUT2D eigenvalue weighted by Gasteiger charge is 2.10. The van der Waals surface area contributed by atoms with Crippen molar-refractivity contribution < 1.29 is 4.39 Å². The fourth-order valence-electron chi connectivity index (χ4n) is 2.45. The molecule has 0 aliphatic carbocycles. The van der Waals surface area contributed by atoms with E-state index in [9.17, 15) is 4.39 Å². The zero-order valence-electron chi connectivity index (χ0n) is 11.3. The molecule has 0 saturated heterocycles. The van der Waals surface area contributed by atoms with E-state index in [1.807, 2.05) is 31.2 Å². The van der Waals surface area contributed by atoms with E-state index in [1.165, 1.54) is 12.1 Å². The Hall–Kier alpha value is -2.36. The van der Waals surface area contributed by atoms with E-state index in [1.54, 1.807) is 6.07 Å². The van der Waals surface area contributed by atoms with Crippen molar-refractivity contribution in [1.29, 1.82) is 0 Å². The van der Waals surface area contributed by atoms with E-state index in [2.05, 4.69) is 9.55 Å². The third-order valence-corrected chi connectivity index (χ3v) is 3.45. The Balaban J connectivity index is 2.04. The second kappa shape index (κ2) is 4.96. The summed E-state index contributed by atoms with van der Waals surface area (Å²) in [5.74, 6) is 0.712. The average molecular weight is 269 g/mol. The highest BCUT2D eigenvalue weighted by molar-refractivity contribution is 5.76. The van der Waals surface area contributed by atoms with E-state index in [-0.39, 0.29) is 5.82 Å². The largest absolute Gasteiger partial charge is 0.399 e. The van der Waals surface area contributed by atoms with Crippen LogP contribution in [0.3, 0.4) is 0 Å². The minimum absolute atomic E-state index is 0.230. The van der Waals surface area contributed by atoms with E-state index >= 15 is 0 Å². The van der Waals surface area contributed by atoms with Gasteiger partial charge in [0, 0.05) is 18.7 Å². The summed E-state index contributed by atoms with van der Waals surface area (Å²) >= 11 is 0. The predicted molar refractivity (Wildman–Crippen MR) is 79.0 cm³/mol. The number of nitrogens with zero attached hydrogens (tertiary/aromatic N) is 2. The lowest BCUT2D eigenvalue weighted by Crippen LogP contribution is -2.02. The number of hydrogen-bond donors (Lipinski definition) is 1. The number of anilines is 1. The number of nitrogens with two attached hydrogens (primary N) is 1. The van der Waals surface area contributed by atoms with E-state index in [4.69, 9.17) is 5.73 Å². The number of nitrogen functional groups attached to an aromatic ring is 1. The Morgan fingerprint density at radius 2 is 1.90 bits per heavy atom. The van der Waals surface area contributed by atoms with Crippen LogP contribution in [0.2, 0.25) is 0 Å². The Labute approximate surface area is 116 Å². The van der Waals surface area contributed by atoms with Crippen molar-refractivity contribution in [2.24, 2.45) is 0 Å². The van der Waals surface area contributed by atoms with Gasteiger partial charge in [0.1, 0.15) is 11.6 Å². The molecule has 2 aromatic carbocycles. The lowest BCUT2D eigenvalue weighted by atomic mass is 10.1. The molecule has 0 atom stereocenters. The molecule has 20 heavy (non-hydrogen) atoms. The van der Waals surface area contributed by atoms with Gasteiger partial charge >= 0.3 is 0 Å². The molecule has 102 valence electrons. The highest BCUT2D eigenvalue weighted by Crippen LogP contribution is 2.20. The maximum Gasteiger partial charge on any atom is 0.125 e. The van der Waals surface area contributed by atoms with Crippen LogP contribution in [0.4, 0.5) is 10.1 Å². The van der Waals surface area contributed by atoms with Crippen LogP contribution in [0.25, 0.3) is 11.0 Å². The van der Waals surface area contributed by atoms with Gasteiger partial charge in [0.15, 0.2) is 0 Å². The van der Waals surface area contributed by atoms with Gasteiger partial charge in [-0.1, -0.05) is 12.1 Å². The molecule has 1 aromatic heterocycles. The standard InChI is InChI=1S/C16H16FN3/c1-2-20-15-10-12(17)5-8-14(15)19-16(20)9-11-3-6-13(18)7-4-11/h3-8,10H,2,9,18H2,1H3. The van der Waals surface area contributed by atoms with Crippen LogP contribution in [0.15, 0.2) is 42.5 Å². The van der Waals surface area contributed by atoms with Gasteiger partial charge in [-0.25, -0.2) is 9.37 Å². The highest BCUT2D eigenvalue weighted by atomic mass is 19.1. The van der Waals surface area contributed by atoms with Gasteiger partial charge in [-0.3, -0.25) is 0 Å². The zero-order valence-corrected chi connectivity index (χ0v) is 11.3. The minimum atomic E-state index is -0.230. The normalized spacial score (nSPS) is 11.1. The maximum atomic E-state index is 13.4. The summed E-state index contributed by atoms with van der Waals surface area (Å²) in [5, 5.41) is 0. The first-order valence-electron chi connectivity index (χ1n) is 6.66.